The molecule has 1 atom stereocenters. The van der Waals surface area contributed by atoms with E-state index in [9.17, 15) is 4.79 Å². The third-order valence-electron chi connectivity index (χ3n) is 3.34. The van der Waals surface area contributed by atoms with Crippen molar-refractivity contribution in [1.82, 2.24) is 14.9 Å². The van der Waals surface area contributed by atoms with Crippen molar-refractivity contribution < 1.29 is 4.79 Å². The van der Waals surface area contributed by atoms with E-state index in [2.05, 4.69) is 39.1 Å². The van der Waals surface area contributed by atoms with Crippen molar-refractivity contribution in [3.63, 3.8) is 0 Å². The van der Waals surface area contributed by atoms with E-state index in [0.717, 1.165) is 25.2 Å². The van der Waals surface area contributed by atoms with Crippen LogP contribution in [0.3, 0.4) is 0 Å². The number of carbonyl (C=O) groups is 1. The first-order valence-corrected chi connectivity index (χ1v) is 7.24. The minimum absolute atomic E-state index is 0. The van der Waals surface area contributed by atoms with Crippen molar-refractivity contribution in [2.45, 2.75) is 38.9 Å². The maximum absolute atomic E-state index is 11.5. The molecule has 0 aliphatic rings. The summed E-state index contributed by atoms with van der Waals surface area (Å²) in [4.78, 5) is 15.8. The van der Waals surface area contributed by atoms with Gasteiger partial charge in [0.1, 0.15) is 5.82 Å². The second kappa shape index (κ2) is 9.23. The van der Waals surface area contributed by atoms with E-state index < -0.39 is 6.04 Å². The molecular weight excluding hydrogens is 300 g/mol. The van der Waals surface area contributed by atoms with Gasteiger partial charge in [-0.3, -0.25) is 4.79 Å². The molecule has 2 aromatic rings. The molecule has 0 spiro atoms. The fourth-order valence-electron chi connectivity index (χ4n) is 2.14. The molecular formula is C16H23ClN4O. The summed E-state index contributed by atoms with van der Waals surface area (Å²) in [5.74, 6) is 0.700. The standard InChI is InChI=1S/C16H22N4O.ClH/c1-13(17)16(21)19-12-15-18-9-11-20(15)10-5-8-14-6-3-2-4-7-14;/h2-4,6-7,9,11,13H,5,8,10,12,17H2,1H3,(H,19,21);1H. The molecule has 0 aliphatic carbocycles. The first-order chi connectivity index (χ1) is 10.2. The maximum atomic E-state index is 11.5. The number of aromatic nitrogens is 2. The molecule has 1 unspecified atom stereocenters. The number of nitrogens with two attached hydrogens (primary N) is 1. The summed E-state index contributed by atoms with van der Waals surface area (Å²) < 4.78 is 2.07. The molecule has 1 aromatic heterocycles. The molecule has 0 radical (unpaired) electrons. The van der Waals surface area contributed by atoms with Crippen molar-refractivity contribution >= 4 is 18.3 Å². The summed E-state index contributed by atoms with van der Waals surface area (Å²) in [6, 6.07) is 9.92. The van der Waals surface area contributed by atoms with Gasteiger partial charge in [-0.05, 0) is 25.3 Å². The summed E-state index contributed by atoms with van der Waals surface area (Å²) in [5.41, 5.74) is 6.86. The fraction of sp³-hybridized carbons (Fsp3) is 0.375. The molecule has 3 N–H and O–H groups in total. The number of aryl methyl sites for hydroxylation is 2. The van der Waals surface area contributed by atoms with Gasteiger partial charge in [0.15, 0.2) is 0 Å². The highest BCUT2D eigenvalue weighted by molar-refractivity contribution is 5.85. The lowest BCUT2D eigenvalue weighted by Crippen LogP contribution is -2.38. The van der Waals surface area contributed by atoms with Gasteiger partial charge in [-0.25, -0.2) is 4.98 Å². The summed E-state index contributed by atoms with van der Waals surface area (Å²) in [7, 11) is 0. The third-order valence-corrected chi connectivity index (χ3v) is 3.34. The van der Waals surface area contributed by atoms with Crippen LogP contribution in [0.2, 0.25) is 0 Å². The largest absolute Gasteiger partial charge is 0.348 e. The monoisotopic (exact) mass is 322 g/mol. The Morgan fingerprint density at radius 2 is 2.09 bits per heavy atom. The molecule has 0 saturated carbocycles. The van der Waals surface area contributed by atoms with E-state index in [-0.39, 0.29) is 18.3 Å². The highest BCUT2D eigenvalue weighted by atomic mass is 35.5. The Morgan fingerprint density at radius 1 is 1.36 bits per heavy atom. The van der Waals surface area contributed by atoms with Gasteiger partial charge in [0.05, 0.1) is 12.6 Å². The lowest BCUT2D eigenvalue weighted by atomic mass is 10.1. The number of benzene rings is 1. The van der Waals surface area contributed by atoms with Gasteiger partial charge in [-0.15, -0.1) is 12.4 Å². The van der Waals surface area contributed by atoms with Crippen LogP contribution < -0.4 is 11.1 Å². The fourth-order valence-corrected chi connectivity index (χ4v) is 2.14. The average Bonchev–Trinajstić information content (AvgIpc) is 2.93. The number of carbonyl (C=O) groups excluding carboxylic acids is 1. The predicted octanol–water partition coefficient (Wildman–Crippen LogP) is 1.90. The number of hydrogen-bond donors (Lipinski definition) is 2. The van der Waals surface area contributed by atoms with Crippen LogP contribution in [0.1, 0.15) is 24.7 Å². The Hall–Kier alpha value is -1.85. The second-order valence-electron chi connectivity index (χ2n) is 5.13. The van der Waals surface area contributed by atoms with E-state index in [4.69, 9.17) is 5.73 Å². The number of rotatable bonds is 7. The van der Waals surface area contributed by atoms with Crippen LogP contribution >= 0.6 is 12.4 Å². The normalized spacial score (nSPS) is 11.5. The number of hydrogen-bond acceptors (Lipinski definition) is 3. The first-order valence-electron chi connectivity index (χ1n) is 7.24. The molecule has 120 valence electrons. The molecule has 0 bridgehead atoms. The van der Waals surface area contributed by atoms with E-state index >= 15 is 0 Å². The van der Waals surface area contributed by atoms with Crippen molar-refractivity contribution in [2.24, 2.45) is 5.73 Å². The topological polar surface area (TPSA) is 72.9 Å². The Balaban J connectivity index is 0.00000242. The van der Waals surface area contributed by atoms with E-state index in [0.29, 0.717) is 6.54 Å². The molecule has 0 fully saturated rings. The van der Waals surface area contributed by atoms with Gasteiger partial charge in [-0.2, -0.15) is 0 Å². The molecule has 6 heteroatoms. The van der Waals surface area contributed by atoms with Gasteiger partial charge in [0.2, 0.25) is 5.91 Å². The first kappa shape index (κ1) is 18.2. The van der Waals surface area contributed by atoms with Gasteiger partial charge >= 0.3 is 0 Å². The molecule has 1 amide bonds. The van der Waals surface area contributed by atoms with E-state index in [1.165, 1.54) is 5.56 Å². The quantitative estimate of drug-likeness (QED) is 0.817. The van der Waals surface area contributed by atoms with Crippen molar-refractivity contribution in [3.05, 3.63) is 54.1 Å². The Labute approximate surface area is 137 Å². The number of amides is 1. The molecule has 1 aromatic carbocycles. The highest BCUT2D eigenvalue weighted by Gasteiger charge is 2.08. The summed E-state index contributed by atoms with van der Waals surface area (Å²) in [6.45, 7) is 2.97. The van der Waals surface area contributed by atoms with Gasteiger partial charge in [0.25, 0.3) is 0 Å². The van der Waals surface area contributed by atoms with E-state index in [1.54, 1.807) is 13.1 Å². The van der Waals surface area contributed by atoms with Crippen LogP contribution in [-0.2, 0) is 24.3 Å². The number of nitrogens with one attached hydrogen (secondary N) is 1. The summed E-state index contributed by atoms with van der Waals surface area (Å²) >= 11 is 0. The maximum Gasteiger partial charge on any atom is 0.237 e. The third kappa shape index (κ3) is 5.50. The molecule has 0 aliphatic heterocycles. The van der Waals surface area contributed by atoms with Crippen molar-refractivity contribution in [1.29, 1.82) is 0 Å². The summed E-state index contributed by atoms with van der Waals surface area (Å²) in [5, 5.41) is 2.79. The Bertz CT molecular complexity index is 569. The second-order valence-corrected chi connectivity index (χ2v) is 5.13. The van der Waals surface area contributed by atoms with Crippen LogP contribution in [0.5, 0.6) is 0 Å². The van der Waals surface area contributed by atoms with Crippen molar-refractivity contribution in [2.75, 3.05) is 0 Å². The molecule has 0 saturated heterocycles. The van der Waals surface area contributed by atoms with Crippen LogP contribution in [0, 0.1) is 0 Å². The Morgan fingerprint density at radius 3 is 2.77 bits per heavy atom. The SMILES string of the molecule is CC(N)C(=O)NCc1nccn1CCCc1ccccc1.Cl. The smallest absolute Gasteiger partial charge is 0.237 e. The molecule has 2 rings (SSSR count). The van der Waals surface area contributed by atoms with Crippen LogP contribution in [-0.4, -0.2) is 21.5 Å². The van der Waals surface area contributed by atoms with Crippen LogP contribution in [0.25, 0.3) is 0 Å². The average molecular weight is 323 g/mol. The van der Waals surface area contributed by atoms with Crippen molar-refractivity contribution in [3.8, 4) is 0 Å². The molecule has 22 heavy (non-hydrogen) atoms. The van der Waals surface area contributed by atoms with E-state index in [1.807, 2.05) is 12.3 Å². The zero-order valence-corrected chi connectivity index (χ0v) is 13.6. The minimum Gasteiger partial charge on any atom is -0.348 e. The highest BCUT2D eigenvalue weighted by Crippen LogP contribution is 2.05. The zero-order valence-electron chi connectivity index (χ0n) is 12.7. The van der Waals surface area contributed by atoms with Gasteiger partial charge in [0, 0.05) is 18.9 Å². The molecule has 1 heterocycles. The minimum atomic E-state index is -0.494. The lowest BCUT2D eigenvalue weighted by Gasteiger charge is -2.10. The zero-order chi connectivity index (χ0) is 15.1. The predicted molar refractivity (Wildman–Crippen MR) is 89.7 cm³/mol. The van der Waals surface area contributed by atoms with Gasteiger partial charge in [-0.1, -0.05) is 30.3 Å². The number of imidazole rings is 1. The Kier molecular flexibility index (Phi) is 7.63. The van der Waals surface area contributed by atoms with Gasteiger partial charge < -0.3 is 15.6 Å². The molecule has 5 nitrogen and oxygen atoms in total. The van der Waals surface area contributed by atoms with Crippen LogP contribution in [0.15, 0.2) is 42.7 Å². The summed E-state index contributed by atoms with van der Waals surface area (Å²) in [6.07, 6.45) is 5.77. The van der Waals surface area contributed by atoms with Crippen LogP contribution in [0.4, 0.5) is 0 Å². The number of nitrogens with zero attached hydrogens (tertiary/aromatic N) is 2. The number of halogens is 1. The lowest BCUT2D eigenvalue weighted by molar-refractivity contribution is -0.122.